The largest absolute Gasteiger partial charge is 0.415 e. The van der Waals surface area contributed by atoms with Crippen molar-refractivity contribution in [3.8, 4) is 0 Å². The molecule has 0 saturated carbocycles. The fourth-order valence-corrected chi connectivity index (χ4v) is 1.08. The van der Waals surface area contributed by atoms with E-state index in [-0.39, 0.29) is 19.7 Å². The van der Waals surface area contributed by atoms with Gasteiger partial charge in [0.25, 0.3) is 5.91 Å². The molecule has 0 radical (unpaired) electrons. The van der Waals surface area contributed by atoms with Gasteiger partial charge in [0, 0.05) is 20.2 Å². The van der Waals surface area contributed by atoms with Crippen LogP contribution in [0.5, 0.6) is 0 Å². The highest BCUT2D eigenvalue weighted by molar-refractivity contribution is 5.86. The summed E-state index contributed by atoms with van der Waals surface area (Å²) in [7, 11) is 1.39. The molecule has 1 amide bonds. The summed E-state index contributed by atoms with van der Waals surface area (Å²) in [6.45, 7) is 4.19. The van der Waals surface area contributed by atoms with Gasteiger partial charge in [-0.1, -0.05) is 6.08 Å². The molecule has 0 saturated heterocycles. The number of halogens is 3. The van der Waals surface area contributed by atoms with Gasteiger partial charge >= 0.3 is 6.18 Å². The summed E-state index contributed by atoms with van der Waals surface area (Å²) >= 11 is 0. The van der Waals surface area contributed by atoms with Crippen molar-refractivity contribution in [1.82, 2.24) is 4.90 Å². The van der Waals surface area contributed by atoms with Gasteiger partial charge in [0.05, 0.1) is 6.61 Å². The number of amides is 1. The third-order valence-corrected chi connectivity index (χ3v) is 2.24. The maximum Gasteiger partial charge on any atom is 0.415 e. The molecule has 0 bridgehead atoms. The van der Waals surface area contributed by atoms with Crippen LogP contribution >= 0.6 is 0 Å². The molecular formula is C10H17F3N2O2. The average molecular weight is 254 g/mol. The lowest BCUT2D eigenvalue weighted by Crippen LogP contribution is -2.62. The maximum atomic E-state index is 12.6. The predicted octanol–water partition coefficient (Wildman–Crippen LogP) is 0.927. The second-order valence-electron chi connectivity index (χ2n) is 3.73. The lowest BCUT2D eigenvalue weighted by atomic mass is 10.0. The van der Waals surface area contributed by atoms with Gasteiger partial charge in [-0.2, -0.15) is 13.2 Å². The molecule has 0 fully saturated rings. The Labute approximate surface area is 98.2 Å². The molecular weight excluding hydrogens is 237 g/mol. The lowest BCUT2D eigenvalue weighted by Gasteiger charge is -2.32. The number of hydrogen-bond donors (Lipinski definition) is 1. The first-order valence-electron chi connectivity index (χ1n) is 4.93. The van der Waals surface area contributed by atoms with Crippen molar-refractivity contribution in [1.29, 1.82) is 0 Å². The molecule has 7 heteroatoms. The van der Waals surface area contributed by atoms with Crippen LogP contribution in [-0.4, -0.2) is 49.3 Å². The van der Waals surface area contributed by atoms with Crippen LogP contribution in [0.25, 0.3) is 0 Å². The molecule has 0 spiro atoms. The van der Waals surface area contributed by atoms with E-state index in [4.69, 9.17) is 10.5 Å². The third kappa shape index (κ3) is 4.01. The molecule has 0 aliphatic heterocycles. The minimum absolute atomic E-state index is 0.00887. The molecule has 0 aromatic heterocycles. The van der Waals surface area contributed by atoms with E-state index >= 15 is 0 Å². The number of alkyl halides is 3. The molecule has 100 valence electrons. The number of nitrogens with two attached hydrogens (primary N) is 1. The molecule has 17 heavy (non-hydrogen) atoms. The molecule has 0 aromatic carbocycles. The molecule has 4 nitrogen and oxygen atoms in total. The fraction of sp³-hybridized carbons (Fsp3) is 0.700. The lowest BCUT2D eigenvalue weighted by molar-refractivity contribution is -0.193. The number of carbonyl (C=O) groups is 1. The minimum Gasteiger partial charge on any atom is -0.383 e. The zero-order valence-corrected chi connectivity index (χ0v) is 9.88. The minimum atomic E-state index is -4.80. The number of rotatable bonds is 6. The predicted molar refractivity (Wildman–Crippen MR) is 57.3 cm³/mol. The van der Waals surface area contributed by atoms with Crippen molar-refractivity contribution in [3.63, 3.8) is 0 Å². The average Bonchev–Trinajstić information content (AvgIpc) is 2.21. The highest BCUT2D eigenvalue weighted by atomic mass is 19.4. The van der Waals surface area contributed by atoms with E-state index in [1.165, 1.54) is 13.2 Å². The number of methoxy groups -OCH3 is 1. The number of nitrogens with zero attached hydrogens (tertiary/aromatic N) is 1. The Bertz CT molecular complexity index is 277. The standard InChI is InChI=1S/C10H17F3N2O2/c1-4-5-15(6-7-17-3)8(16)9(2,14)10(11,12)13/h4H,1,5-7,14H2,2-3H3. The molecule has 0 rings (SSSR count). The Morgan fingerprint density at radius 3 is 2.41 bits per heavy atom. The van der Waals surface area contributed by atoms with Crippen LogP contribution in [0.2, 0.25) is 0 Å². The van der Waals surface area contributed by atoms with Crippen molar-refractivity contribution < 1.29 is 22.7 Å². The molecule has 0 aliphatic rings. The van der Waals surface area contributed by atoms with Crippen molar-refractivity contribution in [2.45, 2.75) is 18.6 Å². The second-order valence-corrected chi connectivity index (χ2v) is 3.73. The van der Waals surface area contributed by atoms with Crippen molar-refractivity contribution in [3.05, 3.63) is 12.7 Å². The van der Waals surface area contributed by atoms with E-state index in [9.17, 15) is 18.0 Å². The monoisotopic (exact) mass is 254 g/mol. The SMILES string of the molecule is C=CCN(CCOC)C(=O)C(C)(N)C(F)(F)F. The maximum absolute atomic E-state index is 12.6. The Hall–Kier alpha value is -1.08. The summed E-state index contributed by atoms with van der Waals surface area (Å²) in [6, 6.07) is 0. The van der Waals surface area contributed by atoms with Crippen LogP contribution in [0.15, 0.2) is 12.7 Å². The zero-order valence-electron chi connectivity index (χ0n) is 9.88. The smallest absolute Gasteiger partial charge is 0.383 e. The summed E-state index contributed by atoms with van der Waals surface area (Å²) in [5, 5.41) is 0. The van der Waals surface area contributed by atoms with E-state index in [0.29, 0.717) is 6.92 Å². The Morgan fingerprint density at radius 2 is 2.06 bits per heavy atom. The van der Waals surface area contributed by atoms with Gasteiger partial charge in [-0.15, -0.1) is 6.58 Å². The number of hydrogen-bond acceptors (Lipinski definition) is 3. The molecule has 0 aliphatic carbocycles. The van der Waals surface area contributed by atoms with E-state index in [0.717, 1.165) is 4.90 Å². The van der Waals surface area contributed by atoms with Gasteiger partial charge in [-0.05, 0) is 6.92 Å². The number of carbonyl (C=O) groups excluding carboxylic acids is 1. The van der Waals surface area contributed by atoms with Gasteiger partial charge in [-0.3, -0.25) is 4.79 Å². The molecule has 2 N–H and O–H groups in total. The van der Waals surface area contributed by atoms with E-state index in [1.54, 1.807) is 0 Å². The summed E-state index contributed by atoms with van der Waals surface area (Å²) in [6.07, 6.45) is -3.46. The van der Waals surface area contributed by atoms with Crippen LogP contribution in [0.3, 0.4) is 0 Å². The van der Waals surface area contributed by atoms with Gasteiger partial charge in [-0.25, -0.2) is 0 Å². The van der Waals surface area contributed by atoms with Crippen molar-refractivity contribution in [2.24, 2.45) is 5.73 Å². The van der Waals surface area contributed by atoms with E-state index < -0.39 is 17.6 Å². The topological polar surface area (TPSA) is 55.6 Å². The van der Waals surface area contributed by atoms with Gasteiger partial charge < -0.3 is 15.4 Å². The molecule has 0 heterocycles. The van der Waals surface area contributed by atoms with Crippen LogP contribution in [0.1, 0.15) is 6.92 Å². The molecule has 1 unspecified atom stereocenters. The molecule has 0 aromatic rings. The summed E-state index contributed by atoms with van der Waals surface area (Å²) in [5.74, 6) is -1.19. The first-order chi connectivity index (χ1) is 7.68. The Balaban J connectivity index is 4.87. The highest BCUT2D eigenvalue weighted by Crippen LogP contribution is 2.29. The first-order valence-corrected chi connectivity index (χ1v) is 4.93. The van der Waals surface area contributed by atoms with Crippen LogP contribution in [-0.2, 0) is 9.53 Å². The van der Waals surface area contributed by atoms with Crippen molar-refractivity contribution in [2.75, 3.05) is 26.8 Å². The van der Waals surface area contributed by atoms with Gasteiger partial charge in [0.15, 0.2) is 5.54 Å². The highest BCUT2D eigenvalue weighted by Gasteiger charge is 2.55. The fourth-order valence-electron chi connectivity index (χ4n) is 1.08. The van der Waals surface area contributed by atoms with E-state index in [1.807, 2.05) is 0 Å². The van der Waals surface area contributed by atoms with Crippen molar-refractivity contribution >= 4 is 5.91 Å². The Kier molecular flexibility index (Phi) is 5.63. The van der Waals surface area contributed by atoms with Gasteiger partial charge in [0.2, 0.25) is 0 Å². The number of ether oxygens (including phenoxy) is 1. The summed E-state index contributed by atoms with van der Waals surface area (Å²) in [5.41, 5.74) is 2.15. The summed E-state index contributed by atoms with van der Waals surface area (Å²) in [4.78, 5) is 12.6. The van der Waals surface area contributed by atoms with Crippen LogP contribution < -0.4 is 5.73 Å². The zero-order chi connectivity index (χ0) is 13.7. The van der Waals surface area contributed by atoms with Crippen LogP contribution in [0, 0.1) is 0 Å². The van der Waals surface area contributed by atoms with Crippen LogP contribution in [0.4, 0.5) is 13.2 Å². The van der Waals surface area contributed by atoms with E-state index in [2.05, 4.69) is 6.58 Å². The quantitative estimate of drug-likeness (QED) is 0.717. The normalized spacial score (nSPS) is 15.2. The Morgan fingerprint density at radius 1 is 1.53 bits per heavy atom. The first kappa shape index (κ1) is 15.9. The van der Waals surface area contributed by atoms with Gasteiger partial charge in [0.1, 0.15) is 0 Å². The second kappa shape index (κ2) is 6.02. The summed E-state index contributed by atoms with van der Waals surface area (Å²) < 4.78 is 42.4. The third-order valence-electron chi connectivity index (χ3n) is 2.24. The molecule has 1 atom stereocenters.